The highest BCUT2D eigenvalue weighted by Crippen LogP contribution is 2.29. The predicted molar refractivity (Wildman–Crippen MR) is 101 cm³/mol. The Kier molecular flexibility index (Phi) is 5.43. The summed E-state index contributed by atoms with van der Waals surface area (Å²) in [6.45, 7) is 2.64. The summed E-state index contributed by atoms with van der Waals surface area (Å²) in [5, 5.41) is 9.56. The van der Waals surface area contributed by atoms with Crippen LogP contribution in [0.25, 0.3) is 0 Å². The second-order valence-corrected chi connectivity index (χ2v) is 7.47. The molecule has 9 heteroatoms. The molecule has 8 nitrogen and oxygen atoms in total. The summed E-state index contributed by atoms with van der Waals surface area (Å²) in [4.78, 5) is 13.3. The summed E-state index contributed by atoms with van der Waals surface area (Å²) in [6, 6.07) is 1.86. The van der Waals surface area contributed by atoms with Gasteiger partial charge in [0.05, 0.1) is 6.54 Å². The molecular formula is C16H26N8S. The molecule has 0 saturated carbocycles. The molecule has 1 aliphatic heterocycles. The third-order valence-corrected chi connectivity index (χ3v) is 5.01. The molecule has 1 aliphatic rings. The summed E-state index contributed by atoms with van der Waals surface area (Å²) in [7, 11) is 6.14. The molecule has 0 spiro atoms. The summed E-state index contributed by atoms with van der Waals surface area (Å²) >= 11 is 1.51. The van der Waals surface area contributed by atoms with E-state index < -0.39 is 0 Å². The van der Waals surface area contributed by atoms with E-state index >= 15 is 0 Å². The smallest absolute Gasteiger partial charge is 0.191 e. The summed E-state index contributed by atoms with van der Waals surface area (Å²) in [6.07, 6.45) is 4.17. The van der Waals surface area contributed by atoms with E-state index in [1.165, 1.54) is 11.8 Å². The molecule has 2 N–H and O–H groups in total. The molecule has 1 saturated heterocycles. The number of hydrogen-bond donors (Lipinski definition) is 1. The van der Waals surface area contributed by atoms with Crippen molar-refractivity contribution in [3.05, 3.63) is 17.7 Å². The molecule has 2 aromatic rings. The Morgan fingerprint density at radius 2 is 2.12 bits per heavy atom. The van der Waals surface area contributed by atoms with Crippen LogP contribution in [0.2, 0.25) is 0 Å². The fourth-order valence-electron chi connectivity index (χ4n) is 3.23. The van der Waals surface area contributed by atoms with Crippen LogP contribution in [0, 0.1) is 0 Å². The molecule has 0 aliphatic carbocycles. The van der Waals surface area contributed by atoms with E-state index in [2.05, 4.69) is 41.6 Å². The van der Waals surface area contributed by atoms with Crippen molar-refractivity contribution in [3.8, 4) is 0 Å². The number of nitrogens with zero attached hydrogens (tertiary/aromatic N) is 7. The number of thioether (sulfide) groups is 1. The van der Waals surface area contributed by atoms with E-state index in [9.17, 15) is 0 Å². The van der Waals surface area contributed by atoms with Gasteiger partial charge in [-0.2, -0.15) is 0 Å². The van der Waals surface area contributed by atoms with Crippen LogP contribution < -0.4 is 10.6 Å². The van der Waals surface area contributed by atoms with Crippen LogP contribution >= 0.6 is 11.8 Å². The maximum Gasteiger partial charge on any atom is 0.191 e. The first kappa shape index (κ1) is 17.9. The molecule has 25 heavy (non-hydrogen) atoms. The predicted octanol–water partition coefficient (Wildman–Crippen LogP) is 1.35. The first-order chi connectivity index (χ1) is 12.0. The van der Waals surface area contributed by atoms with Gasteiger partial charge in [-0.05, 0) is 33.2 Å². The van der Waals surface area contributed by atoms with E-state index in [0.717, 1.165) is 49.9 Å². The summed E-state index contributed by atoms with van der Waals surface area (Å²) in [5.41, 5.74) is 5.94. The van der Waals surface area contributed by atoms with Crippen LogP contribution in [0.3, 0.4) is 0 Å². The number of rotatable bonds is 5. The minimum absolute atomic E-state index is 0.344. The molecule has 1 fully saturated rings. The zero-order valence-electron chi connectivity index (χ0n) is 15.3. The van der Waals surface area contributed by atoms with Crippen LogP contribution in [0.1, 0.15) is 30.4 Å². The van der Waals surface area contributed by atoms with Crippen molar-refractivity contribution in [3.63, 3.8) is 0 Å². The van der Waals surface area contributed by atoms with Crippen molar-refractivity contribution >= 4 is 23.4 Å². The SMILES string of the molecule is CSc1nc(N)cc(N2CCC[C@@H](c3nnc(CN(C)C)n3C)C2)n1. The molecular weight excluding hydrogens is 336 g/mol. The molecule has 0 aromatic carbocycles. The number of nitrogen functional groups attached to an aromatic ring is 1. The molecule has 0 radical (unpaired) electrons. The first-order valence-electron chi connectivity index (χ1n) is 8.44. The quantitative estimate of drug-likeness (QED) is 0.630. The van der Waals surface area contributed by atoms with Crippen LogP contribution in [-0.4, -0.2) is 63.1 Å². The normalized spacial score (nSPS) is 18.1. The van der Waals surface area contributed by atoms with Gasteiger partial charge in [-0.15, -0.1) is 10.2 Å². The lowest BCUT2D eigenvalue weighted by Crippen LogP contribution is -2.36. The maximum atomic E-state index is 5.94. The number of aromatic nitrogens is 5. The van der Waals surface area contributed by atoms with Crippen LogP contribution in [-0.2, 0) is 13.6 Å². The maximum absolute atomic E-state index is 5.94. The van der Waals surface area contributed by atoms with Gasteiger partial charge in [-0.25, -0.2) is 9.97 Å². The average molecular weight is 363 g/mol. The molecule has 0 amide bonds. The molecule has 0 bridgehead atoms. The van der Waals surface area contributed by atoms with E-state index in [-0.39, 0.29) is 0 Å². The monoisotopic (exact) mass is 362 g/mol. The second-order valence-electron chi connectivity index (χ2n) is 6.69. The van der Waals surface area contributed by atoms with Gasteiger partial charge in [-0.3, -0.25) is 0 Å². The number of hydrogen-bond acceptors (Lipinski definition) is 8. The third kappa shape index (κ3) is 4.04. The molecule has 0 unspecified atom stereocenters. The van der Waals surface area contributed by atoms with E-state index in [0.29, 0.717) is 16.9 Å². The molecule has 3 heterocycles. The zero-order chi connectivity index (χ0) is 18.0. The van der Waals surface area contributed by atoms with Gasteiger partial charge in [-0.1, -0.05) is 11.8 Å². The van der Waals surface area contributed by atoms with Crippen LogP contribution in [0.5, 0.6) is 0 Å². The van der Waals surface area contributed by atoms with Crippen molar-refractivity contribution in [2.45, 2.75) is 30.5 Å². The Labute approximate surface area is 152 Å². The Bertz CT molecular complexity index is 729. The van der Waals surface area contributed by atoms with E-state index in [1.54, 1.807) is 0 Å². The minimum Gasteiger partial charge on any atom is -0.383 e. The Hall–Kier alpha value is -1.87. The van der Waals surface area contributed by atoms with Gasteiger partial charge < -0.3 is 20.1 Å². The average Bonchev–Trinajstić information content (AvgIpc) is 2.94. The molecule has 1 atom stereocenters. The van der Waals surface area contributed by atoms with Gasteiger partial charge in [0.15, 0.2) is 5.16 Å². The topological polar surface area (TPSA) is 89.0 Å². The fraction of sp³-hybridized carbons (Fsp3) is 0.625. The summed E-state index contributed by atoms with van der Waals surface area (Å²) < 4.78 is 2.13. The van der Waals surface area contributed by atoms with E-state index in [4.69, 9.17) is 5.73 Å². The van der Waals surface area contributed by atoms with Gasteiger partial charge in [0.2, 0.25) is 0 Å². The highest BCUT2D eigenvalue weighted by atomic mass is 32.2. The highest BCUT2D eigenvalue weighted by molar-refractivity contribution is 7.98. The van der Waals surface area contributed by atoms with Gasteiger partial charge in [0.1, 0.15) is 23.3 Å². The first-order valence-corrected chi connectivity index (χ1v) is 9.66. The van der Waals surface area contributed by atoms with Gasteiger partial charge in [0.25, 0.3) is 0 Å². The largest absolute Gasteiger partial charge is 0.383 e. The van der Waals surface area contributed by atoms with Crippen molar-refractivity contribution in [2.24, 2.45) is 7.05 Å². The number of anilines is 2. The number of piperidine rings is 1. The Morgan fingerprint density at radius 1 is 1.32 bits per heavy atom. The minimum atomic E-state index is 0.344. The van der Waals surface area contributed by atoms with E-state index in [1.807, 2.05) is 26.4 Å². The van der Waals surface area contributed by atoms with Crippen molar-refractivity contribution < 1.29 is 0 Å². The third-order valence-electron chi connectivity index (χ3n) is 4.46. The lowest BCUT2D eigenvalue weighted by atomic mass is 9.97. The Morgan fingerprint density at radius 3 is 2.84 bits per heavy atom. The summed E-state index contributed by atoms with van der Waals surface area (Å²) in [5.74, 6) is 3.80. The van der Waals surface area contributed by atoms with Crippen LogP contribution in [0.15, 0.2) is 11.2 Å². The van der Waals surface area contributed by atoms with Crippen molar-refractivity contribution in [1.29, 1.82) is 0 Å². The van der Waals surface area contributed by atoms with Gasteiger partial charge >= 0.3 is 0 Å². The molecule has 136 valence electrons. The highest BCUT2D eigenvalue weighted by Gasteiger charge is 2.27. The fourth-order valence-corrected chi connectivity index (χ4v) is 3.61. The lowest BCUT2D eigenvalue weighted by Gasteiger charge is -2.33. The standard InChI is InChI=1S/C16H26N8S/c1-22(2)10-14-20-21-15(23(14)3)11-6-5-7-24(9-11)13-8-12(17)18-16(19-13)25-4/h8,11H,5-7,9-10H2,1-4H3,(H2,17,18,19)/t11-/m1/s1. The van der Waals surface area contributed by atoms with Crippen molar-refractivity contribution in [1.82, 2.24) is 29.6 Å². The van der Waals surface area contributed by atoms with Gasteiger partial charge in [0, 0.05) is 32.1 Å². The zero-order valence-corrected chi connectivity index (χ0v) is 16.1. The van der Waals surface area contributed by atoms with Crippen LogP contribution in [0.4, 0.5) is 11.6 Å². The van der Waals surface area contributed by atoms with Crippen molar-refractivity contribution in [2.75, 3.05) is 44.1 Å². The Balaban J connectivity index is 1.80. The molecule has 3 rings (SSSR count). The second kappa shape index (κ2) is 7.57. The lowest BCUT2D eigenvalue weighted by molar-refractivity contribution is 0.382. The molecule has 2 aromatic heterocycles. The number of nitrogens with two attached hydrogens (primary N) is 1.